The number of anilines is 1. The Morgan fingerprint density at radius 2 is 1.86 bits per heavy atom. The number of nitrogens with one attached hydrogen (secondary N) is 1. The predicted molar refractivity (Wildman–Crippen MR) is 85.5 cm³/mol. The van der Waals surface area contributed by atoms with E-state index < -0.39 is 17.7 Å². The second-order valence-electron chi connectivity index (χ2n) is 4.07. The van der Waals surface area contributed by atoms with Crippen LogP contribution in [-0.2, 0) is 0 Å². The van der Waals surface area contributed by atoms with Crippen LogP contribution in [-0.4, -0.2) is 17.0 Å². The molecule has 0 unspecified atom stereocenters. The quantitative estimate of drug-likeness (QED) is 0.738. The third-order valence-corrected chi connectivity index (χ3v) is 3.81. The average Bonchev–Trinajstić information content (AvgIpc) is 2.43. The van der Waals surface area contributed by atoms with Crippen LogP contribution in [0.5, 0.6) is 0 Å². The predicted octanol–water partition coefficient (Wildman–Crippen LogP) is 4.03. The first-order chi connectivity index (χ1) is 9.88. The van der Waals surface area contributed by atoms with Crippen molar-refractivity contribution in [3.63, 3.8) is 0 Å². The third-order valence-electron chi connectivity index (χ3n) is 2.63. The maximum atomic E-state index is 13.1. The van der Waals surface area contributed by atoms with Crippen LogP contribution in [0, 0.1) is 9.39 Å². The van der Waals surface area contributed by atoms with Crippen LogP contribution in [0.15, 0.2) is 36.4 Å². The molecular formula is C14H8ClFINO3. The molecule has 0 saturated carbocycles. The van der Waals surface area contributed by atoms with Crippen LogP contribution in [0.2, 0.25) is 5.02 Å². The van der Waals surface area contributed by atoms with Crippen LogP contribution in [0.1, 0.15) is 20.7 Å². The molecular weight excluding hydrogens is 412 g/mol. The number of aromatic carboxylic acids is 1. The van der Waals surface area contributed by atoms with Gasteiger partial charge in [-0.05, 0) is 59.0 Å². The van der Waals surface area contributed by atoms with Gasteiger partial charge in [0.1, 0.15) is 5.82 Å². The van der Waals surface area contributed by atoms with Gasteiger partial charge >= 0.3 is 5.97 Å². The van der Waals surface area contributed by atoms with Gasteiger partial charge in [0.2, 0.25) is 0 Å². The van der Waals surface area contributed by atoms with Crippen molar-refractivity contribution >= 4 is 51.8 Å². The van der Waals surface area contributed by atoms with Crippen molar-refractivity contribution in [3.05, 3.63) is 61.9 Å². The van der Waals surface area contributed by atoms with Gasteiger partial charge in [-0.3, -0.25) is 4.79 Å². The Morgan fingerprint density at radius 3 is 2.52 bits per heavy atom. The largest absolute Gasteiger partial charge is 0.478 e. The number of hydrogen-bond acceptors (Lipinski definition) is 2. The Morgan fingerprint density at radius 1 is 1.14 bits per heavy atom. The standard InChI is InChI=1S/C14H8ClFINO3/c15-7-1-3-11(17)9(5-7)13(19)18-12-4-2-8(16)6-10(12)14(20)21/h1-6H,(H,18,19)(H,20,21). The Kier molecular flexibility index (Phi) is 4.79. The van der Waals surface area contributed by atoms with Crippen LogP contribution in [0.4, 0.5) is 10.1 Å². The number of hydrogen-bond donors (Lipinski definition) is 2. The number of benzene rings is 2. The summed E-state index contributed by atoms with van der Waals surface area (Å²) in [6, 6.07) is 7.91. The van der Waals surface area contributed by atoms with Gasteiger partial charge in [0.15, 0.2) is 0 Å². The van der Waals surface area contributed by atoms with Gasteiger partial charge in [-0.1, -0.05) is 11.6 Å². The molecule has 2 aromatic carbocycles. The van der Waals surface area contributed by atoms with E-state index in [1.165, 1.54) is 12.1 Å². The lowest BCUT2D eigenvalue weighted by Gasteiger charge is -2.10. The summed E-state index contributed by atoms with van der Waals surface area (Å²) >= 11 is 7.81. The number of carboxylic acid groups (broad SMARTS) is 1. The molecule has 0 aromatic heterocycles. The molecule has 0 atom stereocenters. The number of carbonyl (C=O) groups is 2. The molecule has 108 valence electrons. The molecule has 0 spiro atoms. The first-order valence-corrected chi connectivity index (χ1v) is 7.13. The van der Waals surface area contributed by atoms with Gasteiger partial charge in [0.05, 0.1) is 16.8 Å². The van der Waals surface area contributed by atoms with E-state index in [1.54, 1.807) is 12.1 Å². The normalized spacial score (nSPS) is 10.2. The number of rotatable bonds is 3. The lowest BCUT2D eigenvalue weighted by atomic mass is 10.1. The highest BCUT2D eigenvalue weighted by Gasteiger charge is 2.16. The summed E-state index contributed by atoms with van der Waals surface area (Å²) in [6.07, 6.45) is 0. The Balaban J connectivity index is 2.36. The molecule has 0 aliphatic heterocycles. The minimum atomic E-state index is -1.33. The van der Waals surface area contributed by atoms with Crippen LogP contribution < -0.4 is 5.32 Å². The monoisotopic (exact) mass is 419 g/mol. The molecule has 2 rings (SSSR count). The van der Waals surface area contributed by atoms with E-state index in [0.29, 0.717) is 14.2 Å². The fraction of sp³-hybridized carbons (Fsp3) is 0. The summed E-state index contributed by atoms with van der Waals surface area (Å²) in [5.74, 6) is -2.54. The van der Waals surface area contributed by atoms with Crippen molar-refractivity contribution in [1.29, 1.82) is 0 Å². The highest BCUT2D eigenvalue weighted by Crippen LogP contribution is 2.22. The summed E-state index contributed by atoms with van der Waals surface area (Å²) in [5, 5.41) is 11.9. The summed E-state index contributed by atoms with van der Waals surface area (Å²) in [4.78, 5) is 23.3. The zero-order chi connectivity index (χ0) is 15.6. The first kappa shape index (κ1) is 15.7. The topological polar surface area (TPSA) is 66.4 Å². The Hall–Kier alpha value is -1.67. The molecule has 0 radical (unpaired) electrons. The summed E-state index contributed by atoms with van der Waals surface area (Å²) < 4.78 is 13.8. The van der Waals surface area contributed by atoms with E-state index >= 15 is 0 Å². The van der Waals surface area contributed by atoms with Gasteiger partial charge in [-0.15, -0.1) is 0 Å². The summed E-state index contributed by atoms with van der Waals surface area (Å²) in [7, 11) is 0. The van der Waals surface area contributed by atoms with Gasteiger partial charge in [-0.2, -0.15) is 0 Å². The molecule has 7 heteroatoms. The molecule has 1 amide bonds. The van der Waals surface area contributed by atoms with Crippen molar-refractivity contribution in [1.82, 2.24) is 0 Å². The molecule has 0 saturated heterocycles. The number of halogens is 3. The second kappa shape index (κ2) is 6.40. The van der Waals surface area contributed by atoms with E-state index in [0.717, 1.165) is 12.1 Å². The van der Waals surface area contributed by atoms with Crippen molar-refractivity contribution < 1.29 is 19.1 Å². The fourth-order valence-corrected chi connectivity index (χ4v) is 2.42. The first-order valence-electron chi connectivity index (χ1n) is 5.67. The van der Waals surface area contributed by atoms with E-state index in [4.69, 9.17) is 16.7 Å². The molecule has 0 fully saturated rings. The van der Waals surface area contributed by atoms with E-state index in [2.05, 4.69) is 5.32 Å². The Labute approximate surface area is 138 Å². The molecule has 2 N–H and O–H groups in total. The lowest BCUT2D eigenvalue weighted by Crippen LogP contribution is -2.16. The van der Waals surface area contributed by atoms with Crippen molar-refractivity contribution in [3.8, 4) is 0 Å². The highest BCUT2D eigenvalue weighted by atomic mass is 127. The number of carboxylic acids is 1. The number of amides is 1. The molecule has 4 nitrogen and oxygen atoms in total. The average molecular weight is 420 g/mol. The molecule has 21 heavy (non-hydrogen) atoms. The zero-order valence-corrected chi connectivity index (χ0v) is 13.3. The van der Waals surface area contributed by atoms with Gasteiger partial charge in [0, 0.05) is 8.59 Å². The molecule has 0 aliphatic rings. The molecule has 2 aromatic rings. The molecule has 0 bridgehead atoms. The fourth-order valence-electron chi connectivity index (χ4n) is 1.66. The van der Waals surface area contributed by atoms with E-state index in [9.17, 15) is 14.0 Å². The van der Waals surface area contributed by atoms with Crippen LogP contribution in [0.25, 0.3) is 0 Å². The van der Waals surface area contributed by atoms with Gasteiger partial charge < -0.3 is 10.4 Å². The van der Waals surface area contributed by atoms with Gasteiger partial charge in [0.25, 0.3) is 5.91 Å². The SMILES string of the molecule is O=C(Nc1ccc(F)cc1C(=O)O)c1cc(Cl)ccc1I. The second-order valence-corrected chi connectivity index (χ2v) is 5.67. The minimum absolute atomic E-state index is 0.0182. The number of carbonyl (C=O) groups excluding carboxylic acids is 1. The smallest absolute Gasteiger partial charge is 0.337 e. The van der Waals surface area contributed by atoms with Crippen molar-refractivity contribution in [2.24, 2.45) is 0 Å². The maximum Gasteiger partial charge on any atom is 0.337 e. The third kappa shape index (κ3) is 3.70. The molecule has 0 aliphatic carbocycles. The maximum absolute atomic E-state index is 13.1. The summed E-state index contributed by atoms with van der Waals surface area (Å²) in [6.45, 7) is 0. The lowest BCUT2D eigenvalue weighted by molar-refractivity contribution is 0.0697. The summed E-state index contributed by atoms with van der Waals surface area (Å²) in [5.41, 5.74) is 0.00817. The van der Waals surface area contributed by atoms with E-state index in [-0.39, 0.29) is 11.3 Å². The van der Waals surface area contributed by atoms with Crippen molar-refractivity contribution in [2.75, 3.05) is 5.32 Å². The molecule has 0 heterocycles. The highest BCUT2D eigenvalue weighted by molar-refractivity contribution is 14.1. The van der Waals surface area contributed by atoms with Crippen LogP contribution in [0.3, 0.4) is 0 Å². The van der Waals surface area contributed by atoms with Crippen LogP contribution >= 0.6 is 34.2 Å². The zero-order valence-electron chi connectivity index (χ0n) is 10.4. The minimum Gasteiger partial charge on any atom is -0.478 e. The van der Waals surface area contributed by atoms with Gasteiger partial charge in [-0.25, -0.2) is 9.18 Å². The van der Waals surface area contributed by atoms with Crippen molar-refractivity contribution in [2.45, 2.75) is 0 Å². The van der Waals surface area contributed by atoms with E-state index in [1.807, 2.05) is 22.6 Å². The Bertz CT molecular complexity index is 736.